The van der Waals surface area contributed by atoms with Crippen LogP contribution in [0.25, 0.3) is 0 Å². The lowest BCUT2D eigenvalue weighted by Crippen LogP contribution is -2.35. The van der Waals surface area contributed by atoms with Gasteiger partial charge in [-0.15, -0.1) is 0 Å². The molecule has 0 atom stereocenters. The lowest BCUT2D eigenvalue weighted by atomic mass is 10.1. The number of ether oxygens (including phenoxy) is 1. The van der Waals surface area contributed by atoms with Gasteiger partial charge in [0.15, 0.2) is 6.61 Å². The fourth-order valence-corrected chi connectivity index (χ4v) is 2.54. The van der Waals surface area contributed by atoms with Gasteiger partial charge < -0.3 is 20.3 Å². The second kappa shape index (κ2) is 6.80. The molecule has 3 amide bonds. The Bertz CT molecular complexity index is 794. The van der Waals surface area contributed by atoms with Crippen molar-refractivity contribution >= 4 is 34.9 Å². The summed E-state index contributed by atoms with van der Waals surface area (Å²) >= 11 is 5.88. The monoisotopic (exact) mass is 345 g/mol. The van der Waals surface area contributed by atoms with E-state index < -0.39 is 0 Å². The Morgan fingerprint density at radius 1 is 1.29 bits per heavy atom. The van der Waals surface area contributed by atoms with Crippen LogP contribution in [0.1, 0.15) is 5.56 Å². The van der Waals surface area contributed by atoms with Crippen LogP contribution >= 0.6 is 11.6 Å². The Kier molecular flexibility index (Phi) is 4.57. The molecule has 0 fully saturated rings. The van der Waals surface area contributed by atoms with E-state index in [0.29, 0.717) is 28.7 Å². The number of nitrogens with one attached hydrogen (secondary N) is 2. The van der Waals surface area contributed by atoms with E-state index in [4.69, 9.17) is 16.3 Å². The second-order valence-electron chi connectivity index (χ2n) is 5.36. The number of benzene rings is 2. The van der Waals surface area contributed by atoms with Crippen molar-refractivity contribution in [1.82, 2.24) is 5.32 Å². The molecule has 7 heteroatoms. The van der Waals surface area contributed by atoms with Crippen LogP contribution in [0.15, 0.2) is 42.5 Å². The average Bonchev–Trinajstić information content (AvgIpc) is 2.56. The molecule has 1 aliphatic rings. The average molecular weight is 346 g/mol. The Balaban J connectivity index is 1.62. The van der Waals surface area contributed by atoms with Gasteiger partial charge in [-0.25, -0.2) is 4.79 Å². The first-order valence-corrected chi connectivity index (χ1v) is 7.73. The molecule has 6 nitrogen and oxygen atoms in total. The van der Waals surface area contributed by atoms with E-state index in [9.17, 15) is 9.59 Å². The third kappa shape index (κ3) is 3.60. The van der Waals surface area contributed by atoms with Crippen LogP contribution in [0, 0.1) is 0 Å². The summed E-state index contributed by atoms with van der Waals surface area (Å²) in [4.78, 5) is 25.2. The van der Waals surface area contributed by atoms with Gasteiger partial charge in [-0.05, 0) is 35.9 Å². The zero-order chi connectivity index (χ0) is 17.1. The summed E-state index contributed by atoms with van der Waals surface area (Å²) in [6.07, 6.45) is 0. The van der Waals surface area contributed by atoms with Crippen molar-refractivity contribution in [3.05, 3.63) is 53.1 Å². The molecule has 2 N–H and O–H groups in total. The maximum atomic E-state index is 11.9. The molecule has 124 valence electrons. The van der Waals surface area contributed by atoms with Crippen LogP contribution in [0.5, 0.6) is 5.75 Å². The standard InChI is InChI=1S/C17H16ClN3O3/c1-21-14-7-11(5-6-15(14)24-10-16(21)22)9-19-17(23)20-13-4-2-3-12(18)8-13/h2-8H,9-10H2,1H3,(H2,19,20,23). The molecule has 2 aromatic rings. The fourth-order valence-electron chi connectivity index (χ4n) is 2.35. The van der Waals surface area contributed by atoms with Crippen LogP contribution in [-0.4, -0.2) is 25.6 Å². The molecule has 0 unspecified atom stereocenters. The molecule has 0 aromatic heterocycles. The number of carbonyl (C=O) groups excluding carboxylic acids is 2. The highest BCUT2D eigenvalue weighted by atomic mass is 35.5. The third-order valence-electron chi connectivity index (χ3n) is 3.65. The maximum Gasteiger partial charge on any atom is 0.319 e. The number of amides is 3. The van der Waals surface area contributed by atoms with Crippen molar-refractivity contribution in [2.24, 2.45) is 0 Å². The molecule has 0 saturated carbocycles. The van der Waals surface area contributed by atoms with Crippen LogP contribution in [0.4, 0.5) is 16.2 Å². The van der Waals surface area contributed by atoms with Crippen LogP contribution < -0.4 is 20.3 Å². The van der Waals surface area contributed by atoms with Crippen LogP contribution in [-0.2, 0) is 11.3 Å². The minimum atomic E-state index is -0.337. The van der Waals surface area contributed by atoms with E-state index in [2.05, 4.69) is 10.6 Å². The quantitative estimate of drug-likeness (QED) is 0.898. The second-order valence-corrected chi connectivity index (χ2v) is 5.80. The highest BCUT2D eigenvalue weighted by molar-refractivity contribution is 6.30. The molecule has 0 aliphatic carbocycles. The van der Waals surface area contributed by atoms with Crippen LogP contribution in [0.2, 0.25) is 5.02 Å². The number of rotatable bonds is 3. The Labute approximate surface area is 144 Å². The SMILES string of the molecule is CN1C(=O)COc2ccc(CNC(=O)Nc3cccc(Cl)c3)cc21. The van der Waals surface area contributed by atoms with E-state index >= 15 is 0 Å². The van der Waals surface area contributed by atoms with Crippen molar-refractivity contribution in [1.29, 1.82) is 0 Å². The Hall–Kier alpha value is -2.73. The zero-order valence-electron chi connectivity index (χ0n) is 13.0. The normalized spacial score (nSPS) is 13.1. The predicted octanol–water partition coefficient (Wildman–Crippen LogP) is 3.02. The van der Waals surface area contributed by atoms with Gasteiger partial charge in [-0.2, -0.15) is 0 Å². The summed E-state index contributed by atoms with van der Waals surface area (Å²) < 4.78 is 5.37. The van der Waals surface area contributed by atoms with Crippen LogP contribution in [0.3, 0.4) is 0 Å². The lowest BCUT2D eigenvalue weighted by molar-refractivity contribution is -0.120. The van der Waals surface area contributed by atoms with Gasteiger partial charge in [-0.1, -0.05) is 23.7 Å². The highest BCUT2D eigenvalue weighted by Gasteiger charge is 2.22. The van der Waals surface area contributed by atoms with Gasteiger partial charge in [0.1, 0.15) is 5.75 Å². The number of likely N-dealkylation sites (N-methyl/N-ethyl adjacent to an activating group) is 1. The first-order chi connectivity index (χ1) is 11.5. The number of nitrogens with zero attached hydrogens (tertiary/aromatic N) is 1. The maximum absolute atomic E-state index is 11.9. The van der Waals surface area contributed by atoms with E-state index in [1.54, 1.807) is 42.3 Å². The number of anilines is 2. The minimum Gasteiger partial charge on any atom is -0.482 e. The van der Waals surface area contributed by atoms with Crippen molar-refractivity contribution in [2.45, 2.75) is 6.54 Å². The first kappa shape index (κ1) is 16.1. The molecular formula is C17H16ClN3O3. The number of hydrogen-bond donors (Lipinski definition) is 2. The van der Waals surface area contributed by atoms with Gasteiger partial charge in [0.05, 0.1) is 5.69 Å². The largest absolute Gasteiger partial charge is 0.482 e. The fraction of sp³-hybridized carbons (Fsp3) is 0.176. The lowest BCUT2D eigenvalue weighted by Gasteiger charge is -2.26. The molecule has 0 radical (unpaired) electrons. The van der Waals surface area contributed by atoms with E-state index in [0.717, 1.165) is 5.56 Å². The molecule has 1 heterocycles. The van der Waals surface area contributed by atoms with E-state index in [-0.39, 0.29) is 18.5 Å². The number of urea groups is 1. The predicted molar refractivity (Wildman–Crippen MR) is 92.7 cm³/mol. The number of halogens is 1. The van der Waals surface area contributed by atoms with Crippen molar-refractivity contribution < 1.29 is 14.3 Å². The molecule has 0 saturated heterocycles. The van der Waals surface area contributed by atoms with Crippen molar-refractivity contribution in [2.75, 3.05) is 23.9 Å². The third-order valence-corrected chi connectivity index (χ3v) is 3.88. The Morgan fingerprint density at radius 2 is 2.12 bits per heavy atom. The first-order valence-electron chi connectivity index (χ1n) is 7.35. The molecule has 0 spiro atoms. The highest BCUT2D eigenvalue weighted by Crippen LogP contribution is 2.31. The van der Waals surface area contributed by atoms with Gasteiger partial charge in [0.25, 0.3) is 5.91 Å². The summed E-state index contributed by atoms with van der Waals surface area (Å²) in [5.74, 6) is 0.551. The topological polar surface area (TPSA) is 70.7 Å². The van der Waals surface area contributed by atoms with Crippen molar-refractivity contribution in [3.63, 3.8) is 0 Å². The summed E-state index contributed by atoms with van der Waals surface area (Å²) in [6.45, 7) is 0.366. The minimum absolute atomic E-state index is 0.0448. The van der Waals surface area contributed by atoms with Gasteiger partial charge in [0.2, 0.25) is 0 Å². The summed E-state index contributed by atoms with van der Waals surface area (Å²) in [5, 5.41) is 6.02. The smallest absolute Gasteiger partial charge is 0.319 e. The summed E-state index contributed by atoms with van der Waals surface area (Å²) in [5.41, 5.74) is 2.17. The molecule has 1 aliphatic heterocycles. The molecule has 3 rings (SSSR count). The zero-order valence-corrected chi connectivity index (χ0v) is 13.8. The molecular weight excluding hydrogens is 330 g/mol. The molecule has 2 aromatic carbocycles. The Morgan fingerprint density at radius 3 is 2.92 bits per heavy atom. The number of fused-ring (bicyclic) bond motifs is 1. The van der Waals surface area contributed by atoms with Gasteiger partial charge in [-0.3, -0.25) is 4.79 Å². The molecule has 0 bridgehead atoms. The summed E-state index contributed by atoms with van der Waals surface area (Å²) in [6, 6.07) is 12.0. The van der Waals surface area contributed by atoms with Crippen molar-refractivity contribution in [3.8, 4) is 5.75 Å². The molecule has 24 heavy (non-hydrogen) atoms. The summed E-state index contributed by atoms with van der Waals surface area (Å²) in [7, 11) is 1.70. The number of hydrogen-bond acceptors (Lipinski definition) is 3. The van der Waals surface area contributed by atoms with Gasteiger partial charge >= 0.3 is 6.03 Å². The van der Waals surface area contributed by atoms with E-state index in [1.807, 2.05) is 12.1 Å². The van der Waals surface area contributed by atoms with Gasteiger partial charge in [0, 0.05) is 24.3 Å². The van der Waals surface area contributed by atoms with E-state index in [1.165, 1.54) is 0 Å². The number of carbonyl (C=O) groups is 2.